The Labute approximate surface area is 167 Å². The predicted octanol–water partition coefficient (Wildman–Crippen LogP) is 0.862. The molecule has 1 heterocycles. The molecule has 2 atom stereocenters. The molecule has 1 unspecified atom stereocenters. The van der Waals surface area contributed by atoms with Gasteiger partial charge in [0.25, 0.3) is 5.91 Å². The highest BCUT2D eigenvalue weighted by molar-refractivity contribution is 5.95. The molecule has 1 aromatic heterocycles. The van der Waals surface area contributed by atoms with Crippen molar-refractivity contribution in [3.8, 4) is 0 Å². The highest BCUT2D eigenvalue weighted by Crippen LogP contribution is 2.07. The van der Waals surface area contributed by atoms with Crippen LogP contribution < -0.4 is 10.6 Å². The number of aldehydes is 1. The van der Waals surface area contributed by atoms with Crippen LogP contribution in [0.2, 0.25) is 0 Å². The van der Waals surface area contributed by atoms with Gasteiger partial charge in [0.2, 0.25) is 5.91 Å². The maximum absolute atomic E-state index is 12.3. The maximum Gasteiger partial charge on any atom is 0.305 e. The first-order chi connectivity index (χ1) is 13.9. The van der Waals surface area contributed by atoms with Crippen LogP contribution in [0.1, 0.15) is 41.6 Å². The summed E-state index contributed by atoms with van der Waals surface area (Å²) in [5.74, 6) is -2.36. The van der Waals surface area contributed by atoms with Gasteiger partial charge in [-0.2, -0.15) is 0 Å². The van der Waals surface area contributed by atoms with Crippen molar-refractivity contribution < 1.29 is 24.3 Å². The highest BCUT2D eigenvalue weighted by Gasteiger charge is 2.22. The first kappa shape index (κ1) is 21.8. The van der Waals surface area contributed by atoms with Gasteiger partial charge in [-0.05, 0) is 31.7 Å². The van der Waals surface area contributed by atoms with Crippen molar-refractivity contribution in [2.45, 2.75) is 44.7 Å². The van der Waals surface area contributed by atoms with Gasteiger partial charge in [0.05, 0.1) is 12.5 Å². The Kier molecular flexibility index (Phi) is 8.08. The van der Waals surface area contributed by atoms with Crippen molar-refractivity contribution in [2.24, 2.45) is 0 Å². The molecule has 0 aliphatic rings. The first-order valence-corrected chi connectivity index (χ1v) is 9.25. The molecule has 2 amide bonds. The third-order valence-electron chi connectivity index (χ3n) is 4.23. The summed E-state index contributed by atoms with van der Waals surface area (Å²) in [6.45, 7) is 1.43. The van der Waals surface area contributed by atoms with E-state index in [0.717, 1.165) is 25.0 Å². The summed E-state index contributed by atoms with van der Waals surface area (Å²) in [6, 6.07) is 7.95. The number of carbonyl (C=O) groups excluding carboxylic acids is 3. The van der Waals surface area contributed by atoms with E-state index in [4.69, 9.17) is 5.11 Å². The van der Waals surface area contributed by atoms with Gasteiger partial charge in [0.15, 0.2) is 5.82 Å². The monoisotopic (exact) mass is 400 g/mol. The molecule has 29 heavy (non-hydrogen) atoms. The zero-order valence-corrected chi connectivity index (χ0v) is 16.1. The van der Waals surface area contributed by atoms with Crippen molar-refractivity contribution in [3.05, 3.63) is 53.6 Å². The second-order valence-electron chi connectivity index (χ2n) is 6.64. The molecule has 0 radical (unpaired) electrons. The number of carbonyl (C=O) groups is 4. The molecule has 0 saturated carbocycles. The van der Waals surface area contributed by atoms with Crippen molar-refractivity contribution in [1.29, 1.82) is 0 Å². The van der Waals surface area contributed by atoms with E-state index in [-0.39, 0.29) is 5.82 Å². The zero-order valence-electron chi connectivity index (χ0n) is 16.1. The Morgan fingerprint density at radius 1 is 1.17 bits per heavy atom. The average Bonchev–Trinajstić information content (AvgIpc) is 3.17. The van der Waals surface area contributed by atoms with Crippen LogP contribution in [0, 0.1) is 0 Å². The number of benzene rings is 1. The number of aryl methyl sites for hydroxylation is 2. The molecular formula is C20H24N4O5. The summed E-state index contributed by atoms with van der Waals surface area (Å²) in [4.78, 5) is 52.7. The molecule has 0 fully saturated rings. The van der Waals surface area contributed by atoms with Crippen LogP contribution in [0.5, 0.6) is 0 Å². The van der Waals surface area contributed by atoms with E-state index in [2.05, 4.69) is 32.7 Å². The van der Waals surface area contributed by atoms with E-state index in [1.165, 1.54) is 12.5 Å². The number of hydrogen-bond acceptors (Lipinski definition) is 5. The summed E-state index contributed by atoms with van der Waals surface area (Å²) >= 11 is 0. The summed E-state index contributed by atoms with van der Waals surface area (Å²) in [7, 11) is 0. The van der Waals surface area contributed by atoms with E-state index in [1.54, 1.807) is 6.20 Å². The van der Waals surface area contributed by atoms with Gasteiger partial charge in [-0.1, -0.05) is 30.3 Å². The van der Waals surface area contributed by atoms with Gasteiger partial charge < -0.3 is 25.5 Å². The molecule has 9 nitrogen and oxygen atoms in total. The molecule has 0 bridgehead atoms. The number of imidazole rings is 1. The number of rotatable bonds is 11. The SMILES string of the molecule is C[C@H](NC(=O)c1ncc(CCCc2ccccc2)[nH]1)C(=O)NC(C=O)CC(=O)O. The van der Waals surface area contributed by atoms with E-state index < -0.39 is 36.3 Å². The fraction of sp³-hybridized carbons (Fsp3) is 0.350. The molecule has 0 aliphatic heterocycles. The number of aromatic nitrogens is 2. The summed E-state index contributed by atoms with van der Waals surface area (Å²) in [6.07, 6.45) is 3.92. The number of carboxylic acid groups (broad SMARTS) is 1. The third kappa shape index (κ3) is 7.21. The van der Waals surface area contributed by atoms with Gasteiger partial charge in [-0.25, -0.2) is 4.98 Å². The summed E-state index contributed by atoms with van der Waals surface area (Å²) in [5, 5.41) is 13.4. The van der Waals surface area contributed by atoms with E-state index in [1.807, 2.05) is 18.2 Å². The van der Waals surface area contributed by atoms with Crippen LogP contribution in [-0.4, -0.2) is 51.2 Å². The summed E-state index contributed by atoms with van der Waals surface area (Å²) in [5.41, 5.74) is 2.05. The number of H-pyrrole nitrogens is 1. The van der Waals surface area contributed by atoms with Crippen LogP contribution in [0.25, 0.3) is 0 Å². The van der Waals surface area contributed by atoms with Crippen molar-refractivity contribution in [1.82, 2.24) is 20.6 Å². The lowest BCUT2D eigenvalue weighted by molar-refractivity contribution is -0.138. The normalized spacial score (nSPS) is 12.6. The van der Waals surface area contributed by atoms with Crippen LogP contribution >= 0.6 is 0 Å². The largest absolute Gasteiger partial charge is 0.481 e. The Hall–Kier alpha value is -3.49. The highest BCUT2D eigenvalue weighted by atomic mass is 16.4. The van der Waals surface area contributed by atoms with Gasteiger partial charge in [-0.15, -0.1) is 0 Å². The molecule has 2 aromatic rings. The van der Waals surface area contributed by atoms with Crippen LogP contribution in [0.3, 0.4) is 0 Å². The topological polar surface area (TPSA) is 141 Å². The van der Waals surface area contributed by atoms with E-state index >= 15 is 0 Å². The smallest absolute Gasteiger partial charge is 0.305 e. The summed E-state index contributed by atoms with van der Waals surface area (Å²) < 4.78 is 0. The molecule has 2 rings (SSSR count). The molecule has 0 saturated heterocycles. The Morgan fingerprint density at radius 2 is 1.90 bits per heavy atom. The zero-order chi connectivity index (χ0) is 21.2. The van der Waals surface area contributed by atoms with Gasteiger partial charge in [-0.3, -0.25) is 14.4 Å². The fourth-order valence-electron chi connectivity index (χ4n) is 2.69. The molecule has 9 heteroatoms. The lowest BCUT2D eigenvalue weighted by Crippen LogP contribution is -2.49. The van der Waals surface area contributed by atoms with Crippen LogP contribution in [0.4, 0.5) is 0 Å². The minimum Gasteiger partial charge on any atom is -0.481 e. The van der Waals surface area contributed by atoms with Crippen molar-refractivity contribution in [2.75, 3.05) is 0 Å². The average molecular weight is 400 g/mol. The van der Waals surface area contributed by atoms with Crippen molar-refractivity contribution in [3.63, 3.8) is 0 Å². The standard InChI is InChI=1S/C20H24N4O5/c1-13(19(28)24-16(12-25)10-17(26)27)22-20(29)18-21-11-15(23-18)9-5-8-14-6-3-2-4-7-14/h2-4,6-7,11-13,16H,5,8-10H2,1H3,(H,21,23)(H,22,29)(H,24,28)(H,26,27)/t13-,16?/m0/s1. The minimum atomic E-state index is -1.21. The lowest BCUT2D eigenvalue weighted by Gasteiger charge is -2.16. The first-order valence-electron chi connectivity index (χ1n) is 9.25. The third-order valence-corrected chi connectivity index (χ3v) is 4.23. The molecule has 0 aliphatic carbocycles. The number of aliphatic carboxylic acids is 1. The number of aromatic amines is 1. The van der Waals surface area contributed by atoms with Gasteiger partial charge in [0.1, 0.15) is 12.3 Å². The molecule has 4 N–H and O–H groups in total. The fourth-order valence-corrected chi connectivity index (χ4v) is 2.69. The second kappa shape index (κ2) is 10.7. The van der Waals surface area contributed by atoms with Crippen LogP contribution in [0.15, 0.2) is 36.5 Å². The number of hydrogen-bond donors (Lipinski definition) is 4. The number of carboxylic acids is 1. The number of amides is 2. The van der Waals surface area contributed by atoms with Gasteiger partial charge >= 0.3 is 5.97 Å². The minimum absolute atomic E-state index is 0.0804. The van der Waals surface area contributed by atoms with Gasteiger partial charge in [0, 0.05) is 11.9 Å². The second-order valence-corrected chi connectivity index (χ2v) is 6.64. The number of nitrogens with zero attached hydrogens (tertiary/aromatic N) is 1. The molecule has 1 aromatic carbocycles. The quantitative estimate of drug-likeness (QED) is 0.412. The molecule has 0 spiro atoms. The maximum atomic E-state index is 12.3. The van der Waals surface area contributed by atoms with E-state index in [0.29, 0.717) is 6.29 Å². The predicted molar refractivity (Wildman–Crippen MR) is 104 cm³/mol. The molecular weight excluding hydrogens is 376 g/mol. The van der Waals surface area contributed by atoms with E-state index in [9.17, 15) is 19.2 Å². The Morgan fingerprint density at radius 3 is 2.55 bits per heavy atom. The number of nitrogens with one attached hydrogen (secondary N) is 3. The lowest BCUT2D eigenvalue weighted by atomic mass is 10.1. The Bertz CT molecular complexity index is 850. The molecule has 154 valence electrons. The van der Waals surface area contributed by atoms with Crippen molar-refractivity contribution >= 4 is 24.1 Å². The Balaban J connectivity index is 1.81. The van der Waals surface area contributed by atoms with Crippen LogP contribution in [-0.2, 0) is 27.2 Å².